The highest BCUT2D eigenvalue weighted by atomic mass is 16.5. The molecule has 122 valence electrons. The molecule has 0 radical (unpaired) electrons. The van der Waals surface area contributed by atoms with E-state index in [2.05, 4.69) is 4.98 Å². The van der Waals surface area contributed by atoms with Crippen LogP contribution in [0.3, 0.4) is 0 Å². The first-order chi connectivity index (χ1) is 11.8. The predicted octanol–water partition coefficient (Wildman–Crippen LogP) is 3.86. The molecule has 1 aromatic heterocycles. The first-order valence-corrected chi connectivity index (χ1v) is 7.84. The summed E-state index contributed by atoms with van der Waals surface area (Å²) in [6.45, 7) is -0.0706. The van der Waals surface area contributed by atoms with Gasteiger partial charge in [0, 0.05) is 18.7 Å². The Morgan fingerprint density at radius 2 is 1.54 bits per heavy atom. The minimum absolute atomic E-state index is 0.0706. The fourth-order valence-electron chi connectivity index (χ4n) is 2.31. The summed E-state index contributed by atoms with van der Waals surface area (Å²) >= 11 is 0. The third kappa shape index (κ3) is 4.57. The maximum absolute atomic E-state index is 9.52. The molecule has 0 amide bonds. The second-order valence-corrected chi connectivity index (χ2v) is 5.35. The van der Waals surface area contributed by atoms with E-state index in [9.17, 15) is 5.11 Å². The van der Waals surface area contributed by atoms with Crippen molar-refractivity contribution in [3.05, 3.63) is 84.6 Å². The SMILES string of the molecule is OCC(Cc1ccc(Oc2ccccc2)cc1)Oc1ccccn1. The number of nitrogens with zero attached hydrogens (tertiary/aromatic N) is 1. The van der Waals surface area contributed by atoms with Crippen LogP contribution < -0.4 is 9.47 Å². The number of aliphatic hydroxyl groups is 1. The van der Waals surface area contributed by atoms with Crippen molar-refractivity contribution in [3.8, 4) is 17.4 Å². The number of ether oxygens (including phenoxy) is 2. The number of pyridine rings is 1. The van der Waals surface area contributed by atoms with Crippen LogP contribution in [-0.2, 0) is 6.42 Å². The zero-order valence-electron chi connectivity index (χ0n) is 13.2. The van der Waals surface area contributed by atoms with Crippen LogP contribution in [-0.4, -0.2) is 22.8 Å². The van der Waals surface area contributed by atoms with Gasteiger partial charge in [-0.05, 0) is 35.9 Å². The highest BCUT2D eigenvalue weighted by Crippen LogP contribution is 2.22. The standard InChI is InChI=1S/C20H19NO3/c22-15-19(24-20-8-4-5-13-21-20)14-16-9-11-18(12-10-16)23-17-6-2-1-3-7-17/h1-13,19,22H,14-15H2. The van der Waals surface area contributed by atoms with Gasteiger partial charge in [0.25, 0.3) is 0 Å². The van der Waals surface area contributed by atoms with Gasteiger partial charge < -0.3 is 14.6 Å². The molecule has 3 rings (SSSR count). The minimum Gasteiger partial charge on any atom is -0.472 e. The molecular formula is C20H19NO3. The Kier molecular flexibility index (Phi) is 5.43. The topological polar surface area (TPSA) is 51.6 Å². The Balaban J connectivity index is 1.60. The largest absolute Gasteiger partial charge is 0.472 e. The van der Waals surface area contributed by atoms with E-state index in [0.29, 0.717) is 12.3 Å². The van der Waals surface area contributed by atoms with Crippen LogP contribution >= 0.6 is 0 Å². The lowest BCUT2D eigenvalue weighted by Gasteiger charge is -2.16. The molecule has 1 unspecified atom stereocenters. The first-order valence-electron chi connectivity index (χ1n) is 7.84. The van der Waals surface area contributed by atoms with Crippen molar-refractivity contribution in [3.63, 3.8) is 0 Å². The second kappa shape index (κ2) is 8.13. The van der Waals surface area contributed by atoms with Gasteiger partial charge in [0.1, 0.15) is 17.6 Å². The zero-order valence-corrected chi connectivity index (χ0v) is 13.2. The molecule has 0 saturated carbocycles. The molecule has 2 aromatic carbocycles. The zero-order chi connectivity index (χ0) is 16.6. The van der Waals surface area contributed by atoms with Crippen LogP contribution in [0, 0.1) is 0 Å². The van der Waals surface area contributed by atoms with Gasteiger partial charge in [0.15, 0.2) is 0 Å². The number of hydrogen-bond acceptors (Lipinski definition) is 4. The summed E-state index contributed by atoms with van der Waals surface area (Å²) < 4.78 is 11.5. The van der Waals surface area contributed by atoms with Crippen LogP contribution in [0.4, 0.5) is 0 Å². The van der Waals surface area contributed by atoms with E-state index in [1.807, 2.05) is 66.7 Å². The smallest absolute Gasteiger partial charge is 0.213 e. The fraction of sp³-hybridized carbons (Fsp3) is 0.150. The molecule has 1 N–H and O–H groups in total. The average molecular weight is 321 g/mol. The first kappa shape index (κ1) is 16.0. The minimum atomic E-state index is -0.333. The molecule has 3 aromatic rings. The molecule has 4 nitrogen and oxygen atoms in total. The Morgan fingerprint density at radius 1 is 0.833 bits per heavy atom. The van der Waals surface area contributed by atoms with Gasteiger partial charge in [0.05, 0.1) is 6.61 Å². The summed E-state index contributed by atoms with van der Waals surface area (Å²) in [5.41, 5.74) is 1.06. The van der Waals surface area contributed by atoms with E-state index in [4.69, 9.17) is 9.47 Å². The summed E-state index contributed by atoms with van der Waals surface area (Å²) in [7, 11) is 0. The van der Waals surface area contributed by atoms with Gasteiger partial charge in [-0.25, -0.2) is 4.98 Å². The van der Waals surface area contributed by atoms with Crippen LogP contribution in [0.15, 0.2) is 79.0 Å². The van der Waals surface area contributed by atoms with Gasteiger partial charge >= 0.3 is 0 Å². The van der Waals surface area contributed by atoms with E-state index < -0.39 is 0 Å². The lowest BCUT2D eigenvalue weighted by molar-refractivity contribution is 0.111. The monoisotopic (exact) mass is 321 g/mol. The predicted molar refractivity (Wildman–Crippen MR) is 92.4 cm³/mol. The van der Waals surface area contributed by atoms with Crippen molar-refractivity contribution in [2.75, 3.05) is 6.61 Å². The van der Waals surface area contributed by atoms with Gasteiger partial charge in [0.2, 0.25) is 5.88 Å². The summed E-state index contributed by atoms with van der Waals surface area (Å²) in [6, 6.07) is 22.9. The summed E-state index contributed by atoms with van der Waals surface area (Å²) in [5.74, 6) is 2.09. The molecule has 0 aliphatic carbocycles. The number of benzene rings is 2. The molecular weight excluding hydrogens is 302 g/mol. The summed E-state index contributed by atoms with van der Waals surface area (Å²) in [5, 5.41) is 9.52. The van der Waals surface area contributed by atoms with Crippen molar-refractivity contribution in [2.45, 2.75) is 12.5 Å². The number of aliphatic hydroxyl groups excluding tert-OH is 1. The number of hydrogen-bond donors (Lipinski definition) is 1. The molecule has 1 heterocycles. The van der Waals surface area contributed by atoms with E-state index >= 15 is 0 Å². The highest BCUT2D eigenvalue weighted by Gasteiger charge is 2.11. The second-order valence-electron chi connectivity index (χ2n) is 5.35. The number of aromatic nitrogens is 1. The van der Waals surface area contributed by atoms with Crippen molar-refractivity contribution >= 4 is 0 Å². The van der Waals surface area contributed by atoms with E-state index in [0.717, 1.165) is 17.1 Å². The van der Waals surface area contributed by atoms with Crippen LogP contribution in [0.2, 0.25) is 0 Å². The fourth-order valence-corrected chi connectivity index (χ4v) is 2.31. The van der Waals surface area contributed by atoms with Gasteiger partial charge in [-0.1, -0.05) is 36.4 Å². The lowest BCUT2D eigenvalue weighted by Crippen LogP contribution is -2.24. The highest BCUT2D eigenvalue weighted by molar-refractivity contribution is 5.33. The van der Waals surface area contributed by atoms with Crippen molar-refractivity contribution in [1.82, 2.24) is 4.98 Å². The van der Waals surface area contributed by atoms with Gasteiger partial charge in [-0.15, -0.1) is 0 Å². The van der Waals surface area contributed by atoms with Crippen LogP contribution in [0.25, 0.3) is 0 Å². The Labute approximate surface area is 141 Å². The molecule has 0 bridgehead atoms. The summed E-state index contributed by atoms with van der Waals surface area (Å²) in [4.78, 5) is 4.12. The molecule has 24 heavy (non-hydrogen) atoms. The Bertz CT molecular complexity index is 730. The maximum atomic E-state index is 9.52. The molecule has 0 aliphatic heterocycles. The number of para-hydroxylation sites is 1. The normalized spacial score (nSPS) is 11.7. The van der Waals surface area contributed by atoms with Crippen molar-refractivity contribution in [2.24, 2.45) is 0 Å². The molecule has 0 saturated heterocycles. The van der Waals surface area contributed by atoms with Crippen LogP contribution in [0.5, 0.6) is 17.4 Å². The van der Waals surface area contributed by atoms with E-state index in [1.54, 1.807) is 12.3 Å². The Hall–Kier alpha value is -2.85. The summed E-state index contributed by atoms with van der Waals surface area (Å²) in [6.07, 6.45) is 1.93. The van der Waals surface area contributed by atoms with Crippen molar-refractivity contribution < 1.29 is 14.6 Å². The quantitative estimate of drug-likeness (QED) is 0.718. The Morgan fingerprint density at radius 3 is 2.21 bits per heavy atom. The van der Waals surface area contributed by atoms with Crippen LogP contribution in [0.1, 0.15) is 5.56 Å². The average Bonchev–Trinajstić information content (AvgIpc) is 2.64. The maximum Gasteiger partial charge on any atom is 0.213 e. The van der Waals surface area contributed by atoms with E-state index in [-0.39, 0.29) is 12.7 Å². The van der Waals surface area contributed by atoms with E-state index in [1.165, 1.54) is 0 Å². The van der Waals surface area contributed by atoms with Crippen molar-refractivity contribution in [1.29, 1.82) is 0 Å². The van der Waals surface area contributed by atoms with Gasteiger partial charge in [-0.2, -0.15) is 0 Å². The molecule has 0 fully saturated rings. The third-order valence-corrected chi connectivity index (χ3v) is 3.49. The lowest BCUT2D eigenvalue weighted by atomic mass is 10.1. The van der Waals surface area contributed by atoms with Gasteiger partial charge in [-0.3, -0.25) is 0 Å². The molecule has 1 atom stereocenters. The number of rotatable bonds is 7. The molecule has 0 aliphatic rings. The molecule has 4 heteroatoms. The molecule has 0 spiro atoms. The third-order valence-electron chi connectivity index (χ3n) is 3.49.